The second-order valence-electron chi connectivity index (χ2n) is 6.01. The fraction of sp³-hybridized carbons (Fsp3) is 0.105. The molecule has 0 saturated heterocycles. The van der Waals surface area contributed by atoms with E-state index in [1.807, 2.05) is 36.1 Å². The van der Waals surface area contributed by atoms with Crippen LogP contribution in [0.4, 0.5) is 0 Å². The number of benzene rings is 1. The molecule has 0 bridgehead atoms. The molecule has 1 amide bonds. The molecule has 1 aromatic carbocycles. The van der Waals surface area contributed by atoms with Crippen LogP contribution in [0, 0.1) is 0 Å². The molecular weight excluding hydrogens is 346 g/mol. The van der Waals surface area contributed by atoms with Gasteiger partial charge in [0.05, 0.1) is 25.3 Å². The number of methoxy groups -OCH3 is 1. The maximum absolute atomic E-state index is 11.4. The van der Waals surface area contributed by atoms with Crippen LogP contribution in [-0.4, -0.2) is 32.2 Å². The van der Waals surface area contributed by atoms with Gasteiger partial charge < -0.3 is 19.8 Å². The lowest BCUT2D eigenvalue weighted by molar-refractivity contribution is 0.1000. The first-order chi connectivity index (χ1) is 13.0. The van der Waals surface area contributed by atoms with E-state index >= 15 is 0 Å². The summed E-state index contributed by atoms with van der Waals surface area (Å²) in [5.41, 5.74) is 8.12. The standard InChI is InChI=1S/C19H17N5O3/c1-23-10-14(21-11-23)13-8-17(15-5-6-22-24(15)9-13)27-16-4-3-12(19(20)25)7-18(16)26-2/h3-11H,1-2H3,(H2,20,25). The second-order valence-corrected chi connectivity index (χ2v) is 6.01. The summed E-state index contributed by atoms with van der Waals surface area (Å²) >= 11 is 0. The largest absolute Gasteiger partial charge is 0.493 e. The van der Waals surface area contributed by atoms with Gasteiger partial charge >= 0.3 is 0 Å². The zero-order valence-corrected chi connectivity index (χ0v) is 14.8. The fourth-order valence-corrected chi connectivity index (χ4v) is 2.80. The van der Waals surface area contributed by atoms with Crippen LogP contribution in [0.15, 0.2) is 55.2 Å². The summed E-state index contributed by atoms with van der Waals surface area (Å²) in [5, 5.41) is 4.30. The highest BCUT2D eigenvalue weighted by molar-refractivity contribution is 5.93. The lowest BCUT2D eigenvalue weighted by Crippen LogP contribution is -2.10. The predicted molar refractivity (Wildman–Crippen MR) is 99.0 cm³/mol. The Morgan fingerprint density at radius 1 is 1.11 bits per heavy atom. The molecule has 2 N–H and O–H groups in total. The van der Waals surface area contributed by atoms with Gasteiger partial charge in [-0.05, 0) is 30.3 Å². The number of primary amides is 1. The number of nitrogens with zero attached hydrogens (tertiary/aromatic N) is 4. The van der Waals surface area contributed by atoms with Crippen molar-refractivity contribution in [3.8, 4) is 28.5 Å². The molecule has 0 saturated carbocycles. The van der Waals surface area contributed by atoms with Gasteiger partial charge in [0.2, 0.25) is 5.91 Å². The van der Waals surface area contributed by atoms with Crippen LogP contribution < -0.4 is 15.2 Å². The normalized spacial score (nSPS) is 10.9. The van der Waals surface area contributed by atoms with Crippen LogP contribution in [-0.2, 0) is 7.05 Å². The smallest absolute Gasteiger partial charge is 0.248 e. The predicted octanol–water partition coefficient (Wildman–Crippen LogP) is 2.63. The van der Waals surface area contributed by atoms with Crippen molar-refractivity contribution in [2.45, 2.75) is 0 Å². The zero-order chi connectivity index (χ0) is 19.0. The van der Waals surface area contributed by atoms with Crippen molar-refractivity contribution in [1.82, 2.24) is 19.2 Å². The van der Waals surface area contributed by atoms with Crippen molar-refractivity contribution < 1.29 is 14.3 Å². The Morgan fingerprint density at radius 3 is 2.67 bits per heavy atom. The quantitative estimate of drug-likeness (QED) is 0.588. The highest BCUT2D eigenvalue weighted by atomic mass is 16.5. The number of hydrogen-bond donors (Lipinski definition) is 1. The highest BCUT2D eigenvalue weighted by Gasteiger charge is 2.14. The number of fused-ring (bicyclic) bond motifs is 1. The SMILES string of the molecule is COc1cc(C(N)=O)ccc1Oc1cc(-c2cn(C)cn2)cn2nccc12. The van der Waals surface area contributed by atoms with Crippen molar-refractivity contribution in [3.05, 3.63) is 60.8 Å². The van der Waals surface area contributed by atoms with E-state index in [-0.39, 0.29) is 0 Å². The minimum atomic E-state index is -0.532. The number of nitrogens with two attached hydrogens (primary N) is 1. The van der Waals surface area contributed by atoms with Crippen LogP contribution in [0.5, 0.6) is 17.2 Å². The summed E-state index contributed by atoms with van der Waals surface area (Å²) in [5.74, 6) is 0.923. The third-order valence-electron chi connectivity index (χ3n) is 4.14. The number of amides is 1. The van der Waals surface area contributed by atoms with Crippen molar-refractivity contribution >= 4 is 11.4 Å². The Kier molecular flexibility index (Phi) is 4.00. The number of carbonyl (C=O) groups excluding carboxylic acids is 1. The van der Waals surface area contributed by atoms with E-state index in [1.54, 1.807) is 35.2 Å². The molecule has 0 aliphatic carbocycles. The van der Waals surface area contributed by atoms with E-state index in [0.717, 1.165) is 16.8 Å². The molecule has 136 valence electrons. The molecule has 0 atom stereocenters. The molecule has 0 aliphatic rings. The molecule has 0 aliphatic heterocycles. The van der Waals surface area contributed by atoms with Crippen LogP contribution >= 0.6 is 0 Å². The summed E-state index contributed by atoms with van der Waals surface area (Å²) in [6, 6.07) is 8.53. The first kappa shape index (κ1) is 16.6. The van der Waals surface area contributed by atoms with Gasteiger partial charge in [-0.25, -0.2) is 9.50 Å². The Labute approximate surface area is 154 Å². The summed E-state index contributed by atoms with van der Waals surface area (Å²) in [6.07, 6.45) is 7.22. The number of pyridine rings is 1. The minimum Gasteiger partial charge on any atom is -0.493 e. The number of carbonyl (C=O) groups is 1. The lowest BCUT2D eigenvalue weighted by Gasteiger charge is -2.13. The maximum Gasteiger partial charge on any atom is 0.248 e. The van der Waals surface area contributed by atoms with E-state index in [0.29, 0.717) is 22.8 Å². The van der Waals surface area contributed by atoms with Crippen LogP contribution in [0.1, 0.15) is 10.4 Å². The third kappa shape index (κ3) is 3.08. The molecule has 3 aromatic heterocycles. The number of hydrogen-bond acceptors (Lipinski definition) is 5. The van der Waals surface area contributed by atoms with Gasteiger partial charge in [-0.15, -0.1) is 0 Å². The second kappa shape index (κ2) is 6.49. The topological polar surface area (TPSA) is 96.7 Å². The molecule has 3 heterocycles. The number of aromatic nitrogens is 4. The number of rotatable bonds is 5. The third-order valence-corrected chi connectivity index (χ3v) is 4.14. The minimum absolute atomic E-state index is 0.343. The molecule has 0 radical (unpaired) electrons. The van der Waals surface area contributed by atoms with Crippen molar-refractivity contribution in [2.75, 3.05) is 7.11 Å². The lowest BCUT2D eigenvalue weighted by atomic mass is 10.2. The van der Waals surface area contributed by atoms with Crippen molar-refractivity contribution in [3.63, 3.8) is 0 Å². The Hall–Kier alpha value is -3.81. The zero-order valence-electron chi connectivity index (χ0n) is 14.8. The Balaban J connectivity index is 1.80. The van der Waals surface area contributed by atoms with Gasteiger partial charge in [-0.2, -0.15) is 5.10 Å². The first-order valence-corrected chi connectivity index (χ1v) is 8.16. The molecule has 4 aromatic rings. The number of imidazole rings is 1. The van der Waals surface area contributed by atoms with Crippen LogP contribution in [0.2, 0.25) is 0 Å². The van der Waals surface area contributed by atoms with Crippen LogP contribution in [0.3, 0.4) is 0 Å². The van der Waals surface area contributed by atoms with Gasteiger partial charge in [0.1, 0.15) is 5.52 Å². The van der Waals surface area contributed by atoms with E-state index in [4.69, 9.17) is 15.2 Å². The van der Waals surface area contributed by atoms with Crippen LogP contribution in [0.25, 0.3) is 16.8 Å². The van der Waals surface area contributed by atoms with Gasteiger partial charge in [0, 0.05) is 30.6 Å². The van der Waals surface area contributed by atoms with Gasteiger partial charge in [-0.1, -0.05) is 0 Å². The van der Waals surface area contributed by atoms with Crippen molar-refractivity contribution in [1.29, 1.82) is 0 Å². The number of aryl methyl sites for hydroxylation is 1. The van der Waals surface area contributed by atoms with Gasteiger partial charge in [-0.3, -0.25) is 4.79 Å². The summed E-state index contributed by atoms with van der Waals surface area (Å²) in [6.45, 7) is 0. The fourth-order valence-electron chi connectivity index (χ4n) is 2.80. The van der Waals surface area contributed by atoms with Gasteiger partial charge in [0.25, 0.3) is 0 Å². The summed E-state index contributed by atoms with van der Waals surface area (Å²) < 4.78 is 15.0. The Bertz CT molecular complexity index is 1150. The summed E-state index contributed by atoms with van der Waals surface area (Å²) in [7, 11) is 3.41. The van der Waals surface area contributed by atoms with Gasteiger partial charge in [0.15, 0.2) is 17.2 Å². The van der Waals surface area contributed by atoms with Crippen molar-refractivity contribution in [2.24, 2.45) is 12.8 Å². The molecule has 8 nitrogen and oxygen atoms in total. The van der Waals surface area contributed by atoms with E-state index < -0.39 is 5.91 Å². The molecule has 0 spiro atoms. The molecular formula is C19H17N5O3. The molecule has 27 heavy (non-hydrogen) atoms. The van der Waals surface area contributed by atoms with E-state index in [9.17, 15) is 4.79 Å². The highest BCUT2D eigenvalue weighted by Crippen LogP contribution is 2.36. The monoisotopic (exact) mass is 363 g/mol. The molecule has 0 unspecified atom stereocenters. The molecule has 4 rings (SSSR count). The van der Waals surface area contributed by atoms with E-state index in [1.165, 1.54) is 7.11 Å². The molecule has 0 fully saturated rings. The average molecular weight is 363 g/mol. The molecule has 8 heteroatoms. The van der Waals surface area contributed by atoms with E-state index in [2.05, 4.69) is 10.1 Å². The maximum atomic E-state index is 11.4. The average Bonchev–Trinajstić information content (AvgIpc) is 3.30. The summed E-state index contributed by atoms with van der Waals surface area (Å²) in [4.78, 5) is 15.8. The number of ether oxygens (including phenoxy) is 2. The Morgan fingerprint density at radius 2 is 1.96 bits per heavy atom. The first-order valence-electron chi connectivity index (χ1n) is 8.16.